The quantitative estimate of drug-likeness (QED) is 0.602. The van der Waals surface area contributed by atoms with Crippen LogP contribution in [0.25, 0.3) is 0 Å². The molecule has 2 heteroatoms. The number of hydrogen-bond donors (Lipinski definition) is 0. The van der Waals surface area contributed by atoms with E-state index in [9.17, 15) is 4.79 Å². The minimum atomic E-state index is -1.52. The normalized spacial score (nSPS) is 12.2. The van der Waals surface area contributed by atoms with Crippen LogP contribution in [0.3, 0.4) is 0 Å². The Hall–Kier alpha value is -0.113. The molecule has 1 nitrogen and oxygen atoms in total. The van der Waals surface area contributed by atoms with Crippen molar-refractivity contribution in [1.29, 1.82) is 0 Å². The Balaban J connectivity index is 4.59. The summed E-state index contributed by atoms with van der Waals surface area (Å²) in [5.74, 6) is 0.247. The van der Waals surface area contributed by atoms with Gasteiger partial charge in [-0.05, 0) is 0 Å². The van der Waals surface area contributed by atoms with Crippen LogP contribution in [0.1, 0.15) is 34.6 Å². The highest BCUT2D eigenvalue weighted by atomic mass is 28.3. The first kappa shape index (κ1) is 11.9. The van der Waals surface area contributed by atoms with Gasteiger partial charge in [0.05, 0.1) is 0 Å². The van der Waals surface area contributed by atoms with E-state index in [4.69, 9.17) is 0 Å². The third-order valence-electron chi connectivity index (χ3n) is 3.08. The van der Waals surface area contributed by atoms with E-state index in [1.807, 2.05) is 13.8 Å². The summed E-state index contributed by atoms with van der Waals surface area (Å²) >= 11 is 0. The van der Waals surface area contributed by atoms with Gasteiger partial charge in [-0.25, -0.2) is 0 Å². The molecule has 0 radical (unpaired) electrons. The van der Waals surface area contributed by atoms with Gasteiger partial charge in [0.25, 0.3) is 0 Å². The molecule has 0 rings (SSSR count). The van der Waals surface area contributed by atoms with Crippen molar-refractivity contribution in [1.82, 2.24) is 0 Å². The highest BCUT2D eigenvalue weighted by Gasteiger charge is 2.36. The number of carbonyl (C=O) groups excluding carboxylic acids is 1. The summed E-state index contributed by atoms with van der Waals surface area (Å²) in [4.78, 5) is 11.9. The van der Waals surface area contributed by atoms with Gasteiger partial charge in [0.1, 0.15) is 13.5 Å². The molecule has 0 saturated heterocycles. The fourth-order valence-corrected chi connectivity index (χ4v) is 5.66. The molecule has 12 heavy (non-hydrogen) atoms. The molecule has 0 spiro atoms. The average molecular weight is 186 g/mol. The lowest BCUT2D eigenvalue weighted by atomic mass is 10.3. The Morgan fingerprint density at radius 2 is 1.42 bits per heavy atom. The van der Waals surface area contributed by atoms with Crippen molar-refractivity contribution in [2.75, 3.05) is 0 Å². The van der Waals surface area contributed by atoms with Crippen molar-refractivity contribution in [2.45, 2.75) is 52.8 Å². The van der Waals surface area contributed by atoms with Crippen LogP contribution in [0, 0.1) is 5.92 Å². The van der Waals surface area contributed by atoms with Crippen LogP contribution in [0.4, 0.5) is 0 Å². The van der Waals surface area contributed by atoms with Crippen LogP contribution in [-0.4, -0.2) is 13.5 Å². The van der Waals surface area contributed by atoms with Gasteiger partial charge < -0.3 is 4.79 Å². The first-order chi connectivity index (χ1) is 5.54. The molecule has 0 atom stereocenters. The third kappa shape index (κ3) is 2.19. The van der Waals surface area contributed by atoms with Crippen LogP contribution in [0.5, 0.6) is 0 Å². The number of carbonyl (C=O) groups is 1. The Morgan fingerprint density at radius 1 is 1.08 bits per heavy atom. The molecule has 0 aromatic heterocycles. The summed E-state index contributed by atoms with van der Waals surface area (Å²) in [7, 11) is -1.52. The van der Waals surface area contributed by atoms with Crippen molar-refractivity contribution in [3.8, 4) is 0 Å². The van der Waals surface area contributed by atoms with Gasteiger partial charge in [-0.3, -0.25) is 0 Å². The van der Waals surface area contributed by atoms with Crippen molar-refractivity contribution in [3.63, 3.8) is 0 Å². The van der Waals surface area contributed by atoms with Crippen molar-refractivity contribution in [2.24, 2.45) is 5.92 Å². The smallest absolute Gasteiger partial charge is 0.132 e. The Morgan fingerprint density at radius 3 is 1.50 bits per heavy atom. The minimum absolute atomic E-state index is 0.247. The van der Waals surface area contributed by atoms with Crippen LogP contribution in [-0.2, 0) is 4.79 Å². The summed E-state index contributed by atoms with van der Waals surface area (Å²) in [6, 6.07) is 3.37. The predicted molar refractivity (Wildman–Crippen MR) is 57.0 cm³/mol. The van der Waals surface area contributed by atoms with Gasteiger partial charge in [-0.2, -0.15) is 0 Å². The summed E-state index contributed by atoms with van der Waals surface area (Å²) in [5.41, 5.74) is 0. The summed E-state index contributed by atoms with van der Waals surface area (Å²) in [6.07, 6.45) is 0. The van der Waals surface area contributed by atoms with E-state index in [2.05, 4.69) is 20.8 Å². The van der Waals surface area contributed by atoms with Crippen LogP contribution in [0.2, 0.25) is 18.1 Å². The monoisotopic (exact) mass is 186 g/mol. The predicted octanol–water partition coefficient (Wildman–Crippen LogP) is 3.26. The number of rotatable bonds is 5. The molecule has 0 heterocycles. The molecule has 0 aliphatic heterocycles. The SMILES string of the molecule is CC[Si](CC)(CC)C(=O)C(C)C. The molecular formula is C10H22OSi. The van der Waals surface area contributed by atoms with Crippen molar-refractivity contribution >= 4 is 13.5 Å². The van der Waals surface area contributed by atoms with E-state index >= 15 is 0 Å². The zero-order valence-electron chi connectivity index (χ0n) is 9.11. The second-order valence-electron chi connectivity index (χ2n) is 3.86. The maximum Gasteiger partial charge on any atom is 0.132 e. The molecule has 0 aromatic rings. The molecule has 0 N–H and O–H groups in total. The fourth-order valence-electron chi connectivity index (χ4n) is 1.89. The second-order valence-corrected chi connectivity index (χ2v) is 9.03. The van der Waals surface area contributed by atoms with Gasteiger partial charge in [0.15, 0.2) is 0 Å². The second kappa shape index (κ2) is 4.80. The van der Waals surface area contributed by atoms with Gasteiger partial charge >= 0.3 is 0 Å². The van der Waals surface area contributed by atoms with E-state index in [0.29, 0.717) is 5.41 Å². The minimum Gasteiger partial charge on any atom is -0.305 e. The van der Waals surface area contributed by atoms with Crippen molar-refractivity contribution < 1.29 is 4.79 Å². The zero-order valence-corrected chi connectivity index (χ0v) is 10.1. The molecule has 0 aliphatic rings. The first-order valence-corrected chi connectivity index (χ1v) is 7.70. The maximum atomic E-state index is 11.9. The molecule has 0 aromatic carbocycles. The Labute approximate surface area is 77.6 Å². The van der Waals surface area contributed by atoms with Crippen LogP contribution >= 0.6 is 0 Å². The van der Waals surface area contributed by atoms with Gasteiger partial charge in [0, 0.05) is 5.92 Å². The lowest BCUT2D eigenvalue weighted by Gasteiger charge is -2.27. The van der Waals surface area contributed by atoms with Crippen LogP contribution in [0.15, 0.2) is 0 Å². The standard InChI is InChI=1S/C10H22OSi/c1-6-12(7-2,8-3)10(11)9(4)5/h9H,6-8H2,1-5H3. The van der Waals surface area contributed by atoms with Gasteiger partial charge in [-0.1, -0.05) is 52.8 Å². The van der Waals surface area contributed by atoms with E-state index in [0.717, 1.165) is 18.1 Å². The highest BCUT2D eigenvalue weighted by molar-refractivity contribution is 7.06. The maximum absolute atomic E-state index is 11.9. The van der Waals surface area contributed by atoms with E-state index in [1.54, 1.807) is 0 Å². The summed E-state index contributed by atoms with van der Waals surface area (Å²) in [6.45, 7) is 10.6. The lowest BCUT2D eigenvalue weighted by Crippen LogP contribution is -2.44. The fraction of sp³-hybridized carbons (Fsp3) is 0.900. The van der Waals surface area contributed by atoms with E-state index < -0.39 is 8.07 Å². The van der Waals surface area contributed by atoms with Gasteiger partial charge in [-0.15, -0.1) is 0 Å². The highest BCUT2D eigenvalue weighted by Crippen LogP contribution is 2.24. The number of hydrogen-bond acceptors (Lipinski definition) is 1. The molecule has 0 saturated carbocycles. The molecule has 0 unspecified atom stereocenters. The van der Waals surface area contributed by atoms with E-state index in [-0.39, 0.29) is 5.92 Å². The lowest BCUT2D eigenvalue weighted by molar-refractivity contribution is -0.115. The molecule has 0 aliphatic carbocycles. The van der Waals surface area contributed by atoms with E-state index in [1.165, 1.54) is 0 Å². The summed E-state index contributed by atoms with van der Waals surface area (Å²) in [5, 5.41) is 0.579. The van der Waals surface area contributed by atoms with Gasteiger partial charge in [0.2, 0.25) is 0 Å². The summed E-state index contributed by atoms with van der Waals surface area (Å²) < 4.78 is 0. The zero-order chi connectivity index (χ0) is 9.78. The molecule has 72 valence electrons. The first-order valence-electron chi connectivity index (χ1n) is 5.08. The largest absolute Gasteiger partial charge is 0.305 e. The van der Waals surface area contributed by atoms with Crippen molar-refractivity contribution in [3.05, 3.63) is 0 Å². The third-order valence-corrected chi connectivity index (χ3v) is 8.76. The average Bonchev–Trinajstić information content (AvgIpc) is 2.08. The van der Waals surface area contributed by atoms with Crippen LogP contribution < -0.4 is 0 Å². The molecular weight excluding hydrogens is 164 g/mol. The molecule has 0 bridgehead atoms. The topological polar surface area (TPSA) is 17.1 Å². The Kier molecular flexibility index (Phi) is 4.76. The molecule has 0 amide bonds. The Bertz CT molecular complexity index is 140. The molecule has 0 fully saturated rings.